The first-order valence-electron chi connectivity index (χ1n) is 11.3. The molecule has 0 aliphatic heterocycles. The molecule has 0 atom stereocenters. The fraction of sp³-hybridized carbons (Fsp3) is 0.167. The van der Waals surface area contributed by atoms with E-state index < -0.39 is 17.6 Å². The molecule has 6 heterocycles. The summed E-state index contributed by atoms with van der Waals surface area (Å²) in [7, 11) is 1.71. The van der Waals surface area contributed by atoms with Crippen LogP contribution in [0.25, 0.3) is 22.3 Å². The van der Waals surface area contributed by atoms with E-state index in [1.807, 2.05) is 0 Å². The van der Waals surface area contributed by atoms with Crippen molar-refractivity contribution in [1.82, 2.24) is 38.5 Å². The van der Waals surface area contributed by atoms with Gasteiger partial charge in [0, 0.05) is 31.8 Å². The van der Waals surface area contributed by atoms with Crippen LogP contribution in [-0.2, 0) is 19.8 Å². The molecule has 0 radical (unpaired) electrons. The highest BCUT2D eigenvalue weighted by molar-refractivity contribution is 6.07. The largest absolute Gasteiger partial charge is 0.417 e. The van der Waals surface area contributed by atoms with Crippen LogP contribution in [0.3, 0.4) is 0 Å². The van der Waals surface area contributed by atoms with Gasteiger partial charge in [0.1, 0.15) is 17.0 Å². The van der Waals surface area contributed by atoms with Crippen molar-refractivity contribution in [3.63, 3.8) is 0 Å². The van der Waals surface area contributed by atoms with Gasteiger partial charge in [0.05, 0.1) is 47.0 Å². The van der Waals surface area contributed by atoms with Gasteiger partial charge in [-0.15, -0.1) is 0 Å². The summed E-state index contributed by atoms with van der Waals surface area (Å²) in [6.45, 7) is 1.78. The number of halogens is 3. The number of anilines is 2. The zero-order valence-electron chi connectivity index (χ0n) is 20.0. The molecule has 0 unspecified atom stereocenters. The van der Waals surface area contributed by atoms with Crippen molar-refractivity contribution in [2.75, 3.05) is 10.6 Å². The Hall–Kier alpha value is -5.01. The molecule has 0 fully saturated rings. The third-order valence-electron chi connectivity index (χ3n) is 6.16. The second-order valence-corrected chi connectivity index (χ2v) is 8.77. The highest BCUT2D eigenvalue weighted by atomic mass is 19.4. The number of hydrogen-bond donors (Lipinski definition) is 1. The van der Waals surface area contributed by atoms with E-state index in [1.54, 1.807) is 41.5 Å². The van der Waals surface area contributed by atoms with Crippen molar-refractivity contribution in [1.29, 1.82) is 0 Å². The Morgan fingerprint density at radius 1 is 1.05 bits per heavy atom. The minimum absolute atomic E-state index is 0.0227. The Labute approximate surface area is 212 Å². The summed E-state index contributed by atoms with van der Waals surface area (Å²) >= 11 is 0. The van der Waals surface area contributed by atoms with E-state index in [0.29, 0.717) is 39.5 Å². The molecule has 0 spiro atoms. The predicted molar refractivity (Wildman–Crippen MR) is 131 cm³/mol. The van der Waals surface area contributed by atoms with Gasteiger partial charge >= 0.3 is 6.18 Å². The number of alkyl halides is 3. The number of carbonyl (C=O) groups excluding carboxylic acids is 1. The molecule has 2 N–H and O–H groups in total. The number of imidazole rings is 2. The van der Waals surface area contributed by atoms with E-state index in [9.17, 15) is 18.0 Å². The zero-order valence-corrected chi connectivity index (χ0v) is 20.0. The van der Waals surface area contributed by atoms with E-state index >= 15 is 0 Å². The number of nitrogens with two attached hydrogens (primary N) is 1. The molecule has 0 saturated heterocycles. The highest BCUT2D eigenvalue weighted by Crippen LogP contribution is 2.29. The summed E-state index contributed by atoms with van der Waals surface area (Å²) in [5.74, 6) is 0.503. The minimum Gasteiger partial charge on any atom is -0.382 e. The molecule has 0 aliphatic rings. The van der Waals surface area contributed by atoms with Crippen LogP contribution in [0, 0.1) is 6.92 Å². The number of fused-ring (bicyclic) bond motifs is 4. The molecule has 1 amide bonds. The Morgan fingerprint density at radius 3 is 2.61 bits per heavy atom. The number of rotatable bonds is 4. The molecular weight excluding hydrogens is 501 g/mol. The van der Waals surface area contributed by atoms with Crippen molar-refractivity contribution >= 4 is 39.7 Å². The smallest absolute Gasteiger partial charge is 0.382 e. The Kier molecular flexibility index (Phi) is 5.08. The fourth-order valence-corrected chi connectivity index (χ4v) is 4.35. The van der Waals surface area contributed by atoms with Gasteiger partial charge in [0.2, 0.25) is 0 Å². The maximum Gasteiger partial charge on any atom is 0.417 e. The average molecular weight is 520 g/mol. The van der Waals surface area contributed by atoms with Crippen LogP contribution in [-0.4, -0.2) is 44.4 Å². The predicted octanol–water partition coefficient (Wildman–Crippen LogP) is 3.42. The lowest BCUT2D eigenvalue weighted by molar-refractivity contribution is -0.137. The van der Waals surface area contributed by atoms with Gasteiger partial charge in [-0.25, -0.2) is 19.9 Å². The van der Waals surface area contributed by atoms with Crippen LogP contribution in [0.5, 0.6) is 0 Å². The molecule has 38 heavy (non-hydrogen) atoms. The Morgan fingerprint density at radius 2 is 1.87 bits per heavy atom. The molecule has 0 saturated carbocycles. The van der Waals surface area contributed by atoms with E-state index in [0.717, 1.165) is 12.3 Å². The van der Waals surface area contributed by atoms with E-state index in [4.69, 9.17) is 5.73 Å². The SMILES string of the molecule is Cc1ncc2c(N)nc3ncc(C(=O)N(Cc4cn5cc(C(F)(F)F)ccc5n4)c4cnn(C)c4)cc3n12. The standard InChI is InChI=1S/C24H19F3N10O/c1-13-29-8-19-21(28)33-22-18(37(13)19)5-14(6-30-22)23(38)36(17-7-31-34(2)12-17)11-16-10-35-9-15(24(25,26)27)3-4-20(35)32-16/h3-10,12H,11H2,1-2H3,(H2,28,30,33). The topological polar surface area (TPSA) is 125 Å². The normalized spacial score (nSPS) is 12.1. The maximum atomic E-state index is 13.8. The number of hydrogen-bond acceptors (Lipinski definition) is 7. The number of nitrogen functional groups attached to an aromatic ring is 1. The van der Waals surface area contributed by atoms with Gasteiger partial charge in [0.25, 0.3) is 5.91 Å². The van der Waals surface area contributed by atoms with Crippen molar-refractivity contribution in [3.05, 3.63) is 78.0 Å². The second kappa shape index (κ2) is 8.26. The van der Waals surface area contributed by atoms with Crippen molar-refractivity contribution in [2.24, 2.45) is 7.05 Å². The highest BCUT2D eigenvalue weighted by Gasteiger charge is 2.31. The summed E-state index contributed by atoms with van der Waals surface area (Å²) in [5.41, 5.74) is 8.17. The van der Waals surface area contributed by atoms with E-state index in [2.05, 4.69) is 25.0 Å². The first kappa shape index (κ1) is 23.4. The van der Waals surface area contributed by atoms with Gasteiger partial charge in [-0.1, -0.05) is 0 Å². The maximum absolute atomic E-state index is 13.8. The molecular formula is C24H19F3N10O. The molecule has 6 aromatic heterocycles. The van der Waals surface area contributed by atoms with Crippen LogP contribution < -0.4 is 10.6 Å². The Balaban J connectivity index is 1.42. The quantitative estimate of drug-likeness (QED) is 0.378. The molecule has 0 aliphatic carbocycles. The molecule has 6 rings (SSSR count). The van der Waals surface area contributed by atoms with Gasteiger partial charge in [-0.3, -0.25) is 18.8 Å². The number of pyridine rings is 2. The lowest BCUT2D eigenvalue weighted by Gasteiger charge is -2.20. The zero-order chi connectivity index (χ0) is 26.8. The van der Waals surface area contributed by atoms with Crippen LogP contribution in [0.4, 0.5) is 24.7 Å². The van der Waals surface area contributed by atoms with E-state index in [1.165, 1.54) is 34.0 Å². The first-order chi connectivity index (χ1) is 18.1. The van der Waals surface area contributed by atoms with Crippen LogP contribution in [0.15, 0.2) is 55.4 Å². The molecule has 11 nitrogen and oxygen atoms in total. The van der Waals surface area contributed by atoms with Gasteiger partial charge in [0.15, 0.2) is 11.5 Å². The lowest BCUT2D eigenvalue weighted by Crippen LogP contribution is -2.30. The summed E-state index contributed by atoms with van der Waals surface area (Å²) in [6, 6.07) is 3.91. The summed E-state index contributed by atoms with van der Waals surface area (Å²) in [4.78, 5) is 32.6. The van der Waals surface area contributed by atoms with Gasteiger partial charge < -0.3 is 10.1 Å². The van der Waals surface area contributed by atoms with E-state index in [-0.39, 0.29) is 17.9 Å². The Bertz CT molecular complexity index is 1870. The third-order valence-corrected chi connectivity index (χ3v) is 6.16. The summed E-state index contributed by atoms with van der Waals surface area (Å²) < 4.78 is 44.1. The number of carbonyl (C=O) groups is 1. The first-order valence-corrected chi connectivity index (χ1v) is 11.3. The molecule has 6 aromatic rings. The van der Waals surface area contributed by atoms with Crippen molar-refractivity contribution in [2.45, 2.75) is 19.6 Å². The molecule has 0 bridgehead atoms. The molecule has 0 aromatic carbocycles. The number of aromatic nitrogens is 8. The minimum atomic E-state index is -4.49. The number of aryl methyl sites for hydroxylation is 2. The molecule has 14 heteroatoms. The lowest BCUT2D eigenvalue weighted by atomic mass is 10.2. The number of nitrogens with zero attached hydrogens (tertiary/aromatic N) is 9. The average Bonchev–Trinajstić information content (AvgIpc) is 3.59. The monoisotopic (exact) mass is 520 g/mol. The third kappa shape index (κ3) is 3.86. The van der Waals surface area contributed by atoms with Crippen LogP contribution in [0.1, 0.15) is 27.4 Å². The fourth-order valence-electron chi connectivity index (χ4n) is 4.35. The van der Waals surface area contributed by atoms with Crippen molar-refractivity contribution in [3.8, 4) is 0 Å². The van der Waals surface area contributed by atoms with Gasteiger partial charge in [-0.2, -0.15) is 18.3 Å². The van der Waals surface area contributed by atoms with Crippen molar-refractivity contribution < 1.29 is 18.0 Å². The summed E-state index contributed by atoms with van der Waals surface area (Å²) in [5, 5.41) is 4.16. The van der Waals surface area contributed by atoms with Crippen LogP contribution in [0.2, 0.25) is 0 Å². The van der Waals surface area contributed by atoms with Gasteiger partial charge in [-0.05, 0) is 25.1 Å². The summed E-state index contributed by atoms with van der Waals surface area (Å²) in [6.07, 6.45) is 4.11. The number of amides is 1. The molecule has 192 valence electrons. The van der Waals surface area contributed by atoms with Crippen LogP contribution >= 0.6 is 0 Å². The second-order valence-electron chi connectivity index (χ2n) is 8.77.